The smallest absolute Gasteiger partial charge is 0.272 e. The van der Waals surface area contributed by atoms with Crippen molar-refractivity contribution < 1.29 is 14.5 Å². The highest BCUT2D eigenvalue weighted by Crippen LogP contribution is 2.27. The lowest BCUT2D eigenvalue weighted by Crippen LogP contribution is -2.46. The molecular formula is C16H21N3O4. The summed E-state index contributed by atoms with van der Waals surface area (Å²) in [6, 6.07) is 5.20. The number of para-hydroxylation sites is 1. The average molecular weight is 319 g/mol. The van der Waals surface area contributed by atoms with Crippen LogP contribution in [0.25, 0.3) is 0 Å². The molecule has 1 fully saturated rings. The Hall–Kier alpha value is -2.44. The molecule has 1 aromatic carbocycles. The van der Waals surface area contributed by atoms with E-state index in [2.05, 4.69) is 5.32 Å². The van der Waals surface area contributed by atoms with Crippen LogP contribution in [0.15, 0.2) is 24.3 Å². The number of nitrogens with one attached hydrogen (secondary N) is 1. The Bertz CT molecular complexity index is 597. The van der Waals surface area contributed by atoms with Crippen LogP contribution < -0.4 is 11.1 Å². The number of carbonyl (C=O) groups is 2. The minimum Gasteiger partial charge on any atom is -0.368 e. The van der Waals surface area contributed by atoms with E-state index in [0.29, 0.717) is 17.9 Å². The molecule has 2 rings (SSSR count). The quantitative estimate of drug-likeness (QED) is 0.587. The zero-order valence-corrected chi connectivity index (χ0v) is 12.9. The first kappa shape index (κ1) is 16.9. The molecule has 1 aromatic rings. The van der Waals surface area contributed by atoms with Gasteiger partial charge in [0.25, 0.3) is 5.69 Å². The Kier molecular flexibility index (Phi) is 5.67. The lowest BCUT2D eigenvalue weighted by Gasteiger charge is -2.17. The first-order valence-electron chi connectivity index (χ1n) is 7.78. The van der Waals surface area contributed by atoms with Gasteiger partial charge in [-0.05, 0) is 18.8 Å². The lowest BCUT2D eigenvalue weighted by molar-refractivity contribution is -0.385. The normalized spacial score (nSPS) is 16.0. The molecule has 0 radical (unpaired) electrons. The highest BCUT2D eigenvalue weighted by atomic mass is 16.6. The van der Waals surface area contributed by atoms with Gasteiger partial charge in [0.15, 0.2) is 0 Å². The molecule has 0 spiro atoms. The summed E-state index contributed by atoms with van der Waals surface area (Å²) in [6.07, 6.45) is 4.71. The third kappa shape index (κ3) is 4.77. The van der Waals surface area contributed by atoms with Crippen LogP contribution in [-0.4, -0.2) is 22.8 Å². The van der Waals surface area contributed by atoms with Crippen LogP contribution in [-0.2, 0) is 16.0 Å². The predicted molar refractivity (Wildman–Crippen MR) is 84.5 cm³/mol. The van der Waals surface area contributed by atoms with Crippen LogP contribution in [0.4, 0.5) is 5.69 Å². The largest absolute Gasteiger partial charge is 0.368 e. The maximum atomic E-state index is 12.1. The van der Waals surface area contributed by atoms with Crippen molar-refractivity contribution in [1.29, 1.82) is 0 Å². The van der Waals surface area contributed by atoms with Gasteiger partial charge in [-0.3, -0.25) is 19.7 Å². The highest BCUT2D eigenvalue weighted by molar-refractivity contribution is 5.87. The van der Waals surface area contributed by atoms with E-state index in [-0.39, 0.29) is 18.0 Å². The van der Waals surface area contributed by atoms with Crippen molar-refractivity contribution in [3.05, 3.63) is 39.9 Å². The molecule has 0 saturated heterocycles. The minimum atomic E-state index is -0.940. The summed E-state index contributed by atoms with van der Waals surface area (Å²) in [5, 5.41) is 13.6. The number of carbonyl (C=O) groups excluding carboxylic acids is 2. The molecule has 124 valence electrons. The number of nitrogens with zero attached hydrogens (tertiary/aromatic N) is 1. The van der Waals surface area contributed by atoms with Crippen LogP contribution in [0.5, 0.6) is 0 Å². The van der Waals surface area contributed by atoms with Crippen LogP contribution in [0, 0.1) is 16.0 Å². The number of rotatable bonds is 7. The van der Waals surface area contributed by atoms with E-state index in [1.807, 2.05) is 0 Å². The molecule has 1 aliphatic carbocycles. The number of primary amides is 1. The summed E-state index contributed by atoms with van der Waals surface area (Å²) in [7, 11) is 0. The zero-order chi connectivity index (χ0) is 16.8. The molecule has 7 nitrogen and oxygen atoms in total. The van der Waals surface area contributed by atoms with Gasteiger partial charge in [0.05, 0.1) is 4.92 Å². The average Bonchev–Trinajstić information content (AvgIpc) is 2.99. The topological polar surface area (TPSA) is 115 Å². The summed E-state index contributed by atoms with van der Waals surface area (Å²) in [4.78, 5) is 34.2. The van der Waals surface area contributed by atoms with Crippen LogP contribution in [0.1, 0.15) is 37.7 Å². The van der Waals surface area contributed by atoms with E-state index in [4.69, 9.17) is 5.73 Å². The Balaban J connectivity index is 2.02. The molecule has 23 heavy (non-hydrogen) atoms. The third-order valence-electron chi connectivity index (χ3n) is 4.24. The summed E-state index contributed by atoms with van der Waals surface area (Å²) >= 11 is 0. The van der Waals surface area contributed by atoms with Crippen molar-refractivity contribution in [2.75, 3.05) is 0 Å². The molecule has 0 unspecified atom stereocenters. The Morgan fingerprint density at radius 1 is 1.30 bits per heavy atom. The zero-order valence-electron chi connectivity index (χ0n) is 12.9. The second kappa shape index (κ2) is 7.71. The molecule has 0 bridgehead atoms. The van der Waals surface area contributed by atoms with Gasteiger partial charge in [-0.25, -0.2) is 0 Å². The summed E-state index contributed by atoms with van der Waals surface area (Å²) in [5.41, 5.74) is 5.64. The number of nitro benzene ring substituents is 1. The van der Waals surface area contributed by atoms with Gasteiger partial charge >= 0.3 is 0 Å². The Morgan fingerprint density at radius 2 is 1.96 bits per heavy atom. The summed E-state index contributed by atoms with van der Waals surface area (Å²) < 4.78 is 0. The molecule has 0 aromatic heterocycles. The van der Waals surface area contributed by atoms with Gasteiger partial charge in [-0.15, -0.1) is 0 Å². The fourth-order valence-corrected chi connectivity index (χ4v) is 3.03. The SMILES string of the molecule is NC(=O)[C@@H](Cc1ccccc1[N+](=O)[O-])NC(=O)CC1CCCC1. The maximum Gasteiger partial charge on any atom is 0.272 e. The monoisotopic (exact) mass is 319 g/mol. The molecule has 1 aliphatic rings. The summed E-state index contributed by atoms with van der Waals surface area (Å²) in [6.45, 7) is 0. The van der Waals surface area contributed by atoms with E-state index >= 15 is 0 Å². The number of amides is 2. The number of benzene rings is 1. The number of nitro groups is 1. The summed E-state index contributed by atoms with van der Waals surface area (Å²) in [5.74, 6) is -0.559. The van der Waals surface area contributed by atoms with E-state index in [1.54, 1.807) is 18.2 Å². The van der Waals surface area contributed by atoms with Crippen LogP contribution in [0.3, 0.4) is 0 Å². The first-order valence-corrected chi connectivity index (χ1v) is 7.78. The highest BCUT2D eigenvalue weighted by Gasteiger charge is 2.25. The number of hydrogen-bond donors (Lipinski definition) is 2. The predicted octanol–water partition coefficient (Wildman–Crippen LogP) is 1.69. The molecule has 2 amide bonds. The van der Waals surface area contributed by atoms with Gasteiger partial charge in [0, 0.05) is 24.5 Å². The molecule has 1 saturated carbocycles. The van der Waals surface area contributed by atoms with Gasteiger partial charge in [0.2, 0.25) is 11.8 Å². The fourth-order valence-electron chi connectivity index (χ4n) is 3.03. The van der Waals surface area contributed by atoms with Crippen molar-refractivity contribution in [2.45, 2.75) is 44.6 Å². The van der Waals surface area contributed by atoms with Crippen LogP contribution >= 0.6 is 0 Å². The van der Waals surface area contributed by atoms with Crippen LogP contribution in [0.2, 0.25) is 0 Å². The standard InChI is InChI=1S/C16H21N3O4/c17-16(21)13(18-15(20)9-11-5-1-2-6-11)10-12-7-3-4-8-14(12)19(22)23/h3-4,7-8,11,13H,1-2,5-6,9-10H2,(H2,17,21)(H,18,20)/t13-/m1/s1. The van der Waals surface area contributed by atoms with Crippen molar-refractivity contribution in [3.63, 3.8) is 0 Å². The van der Waals surface area contributed by atoms with E-state index in [1.165, 1.54) is 6.07 Å². The van der Waals surface area contributed by atoms with Gasteiger partial charge in [0.1, 0.15) is 6.04 Å². The van der Waals surface area contributed by atoms with E-state index in [9.17, 15) is 19.7 Å². The van der Waals surface area contributed by atoms with Crippen molar-refractivity contribution in [2.24, 2.45) is 11.7 Å². The lowest BCUT2D eigenvalue weighted by atomic mass is 10.0. The van der Waals surface area contributed by atoms with Crippen molar-refractivity contribution >= 4 is 17.5 Å². The number of hydrogen-bond acceptors (Lipinski definition) is 4. The molecule has 7 heteroatoms. The molecule has 1 atom stereocenters. The van der Waals surface area contributed by atoms with E-state index < -0.39 is 16.9 Å². The van der Waals surface area contributed by atoms with Crippen molar-refractivity contribution in [1.82, 2.24) is 5.32 Å². The molecular weight excluding hydrogens is 298 g/mol. The second-order valence-electron chi connectivity index (χ2n) is 5.97. The second-order valence-corrected chi connectivity index (χ2v) is 5.97. The van der Waals surface area contributed by atoms with Gasteiger partial charge in [-0.1, -0.05) is 31.0 Å². The van der Waals surface area contributed by atoms with E-state index in [0.717, 1.165) is 25.7 Å². The minimum absolute atomic E-state index is 0.0168. The molecule has 0 heterocycles. The molecule has 0 aliphatic heterocycles. The third-order valence-corrected chi connectivity index (χ3v) is 4.24. The fraction of sp³-hybridized carbons (Fsp3) is 0.500. The molecule has 3 N–H and O–H groups in total. The first-order chi connectivity index (χ1) is 11.0. The Labute approximate surface area is 134 Å². The van der Waals surface area contributed by atoms with Crippen molar-refractivity contribution in [3.8, 4) is 0 Å². The van der Waals surface area contributed by atoms with Gasteiger partial charge in [-0.2, -0.15) is 0 Å². The Morgan fingerprint density at radius 3 is 2.57 bits per heavy atom. The number of nitrogens with two attached hydrogens (primary N) is 1. The maximum absolute atomic E-state index is 12.1. The van der Waals surface area contributed by atoms with Gasteiger partial charge < -0.3 is 11.1 Å².